The lowest BCUT2D eigenvalue weighted by atomic mass is 10.2. The first-order valence-corrected chi connectivity index (χ1v) is 6.92. The number of piperazine rings is 1. The zero-order valence-electron chi connectivity index (χ0n) is 11.7. The van der Waals surface area contributed by atoms with Crippen LogP contribution in [0.2, 0.25) is 0 Å². The van der Waals surface area contributed by atoms with Gasteiger partial charge in [-0.2, -0.15) is 0 Å². The highest BCUT2D eigenvalue weighted by Gasteiger charge is 2.18. The molecule has 1 aromatic carbocycles. The molecule has 2 heterocycles. The molecule has 3 rings (SSSR count). The van der Waals surface area contributed by atoms with Crippen LogP contribution in [0.1, 0.15) is 0 Å². The minimum absolute atomic E-state index is 0.912. The van der Waals surface area contributed by atoms with Gasteiger partial charge in [-0.1, -0.05) is 12.1 Å². The van der Waals surface area contributed by atoms with Gasteiger partial charge in [0.15, 0.2) is 0 Å². The Labute approximate surface area is 119 Å². The van der Waals surface area contributed by atoms with Crippen molar-refractivity contribution in [1.29, 1.82) is 0 Å². The van der Waals surface area contributed by atoms with Crippen molar-refractivity contribution >= 4 is 11.5 Å². The Morgan fingerprint density at radius 2 is 1.75 bits per heavy atom. The van der Waals surface area contributed by atoms with Crippen molar-refractivity contribution in [2.45, 2.75) is 0 Å². The van der Waals surface area contributed by atoms with Crippen molar-refractivity contribution in [2.75, 3.05) is 43.1 Å². The largest absolute Gasteiger partial charge is 0.497 e. The summed E-state index contributed by atoms with van der Waals surface area (Å²) in [6.07, 6.45) is 1.85. The van der Waals surface area contributed by atoms with E-state index < -0.39 is 0 Å². The number of pyridine rings is 1. The fraction of sp³-hybridized carbons (Fsp3) is 0.312. The predicted octanol–water partition coefficient (Wildman–Crippen LogP) is 2.42. The molecule has 4 nitrogen and oxygen atoms in total. The highest BCUT2D eigenvalue weighted by atomic mass is 16.5. The standard InChI is InChI=1S/C16H19N3O/c1-20-15-6-4-5-14(13-15)18-9-11-19(12-10-18)16-7-2-3-8-17-16/h2-8,13H,9-12H2,1H3. The molecule has 0 unspecified atom stereocenters. The summed E-state index contributed by atoms with van der Waals surface area (Å²) in [5.74, 6) is 1.98. The Hall–Kier alpha value is -2.23. The van der Waals surface area contributed by atoms with Crippen LogP contribution in [0.3, 0.4) is 0 Å². The molecule has 1 aliphatic rings. The van der Waals surface area contributed by atoms with Gasteiger partial charge in [-0.15, -0.1) is 0 Å². The molecular weight excluding hydrogens is 250 g/mol. The molecule has 0 aliphatic carbocycles. The van der Waals surface area contributed by atoms with E-state index in [1.807, 2.05) is 30.5 Å². The Morgan fingerprint density at radius 1 is 0.950 bits per heavy atom. The SMILES string of the molecule is COc1cccc(N2CCN(c3ccccn3)CC2)c1. The molecule has 0 spiro atoms. The van der Waals surface area contributed by atoms with E-state index in [4.69, 9.17) is 4.74 Å². The first kappa shape index (κ1) is 12.8. The monoisotopic (exact) mass is 269 g/mol. The Bertz CT molecular complexity index is 551. The highest BCUT2D eigenvalue weighted by Crippen LogP contribution is 2.23. The van der Waals surface area contributed by atoms with E-state index in [-0.39, 0.29) is 0 Å². The van der Waals surface area contributed by atoms with Gasteiger partial charge >= 0.3 is 0 Å². The lowest BCUT2D eigenvalue weighted by molar-refractivity contribution is 0.414. The first-order chi connectivity index (χ1) is 9.86. The summed E-state index contributed by atoms with van der Waals surface area (Å²) in [4.78, 5) is 9.14. The average Bonchev–Trinajstić information content (AvgIpc) is 2.56. The maximum atomic E-state index is 5.29. The van der Waals surface area contributed by atoms with E-state index in [0.717, 1.165) is 37.7 Å². The molecule has 0 atom stereocenters. The number of anilines is 2. The molecule has 1 saturated heterocycles. The number of hydrogen-bond donors (Lipinski definition) is 0. The van der Waals surface area contributed by atoms with Gasteiger partial charge in [-0.3, -0.25) is 0 Å². The van der Waals surface area contributed by atoms with E-state index in [9.17, 15) is 0 Å². The molecule has 0 radical (unpaired) electrons. The number of nitrogens with zero attached hydrogens (tertiary/aromatic N) is 3. The summed E-state index contributed by atoms with van der Waals surface area (Å²) >= 11 is 0. The molecule has 1 aliphatic heterocycles. The van der Waals surface area contributed by atoms with Crippen molar-refractivity contribution in [1.82, 2.24) is 4.98 Å². The molecule has 0 amide bonds. The topological polar surface area (TPSA) is 28.6 Å². The maximum Gasteiger partial charge on any atom is 0.128 e. The molecule has 2 aromatic rings. The number of hydrogen-bond acceptors (Lipinski definition) is 4. The zero-order chi connectivity index (χ0) is 13.8. The third-order valence-corrected chi connectivity index (χ3v) is 3.67. The van der Waals surface area contributed by atoms with Gasteiger partial charge in [-0.25, -0.2) is 4.98 Å². The van der Waals surface area contributed by atoms with Crippen LogP contribution in [0.25, 0.3) is 0 Å². The van der Waals surface area contributed by atoms with Crippen molar-refractivity contribution in [3.63, 3.8) is 0 Å². The minimum atomic E-state index is 0.912. The molecule has 4 heteroatoms. The van der Waals surface area contributed by atoms with Crippen LogP contribution in [0.5, 0.6) is 5.75 Å². The summed E-state index contributed by atoms with van der Waals surface area (Å²) in [5, 5.41) is 0. The maximum absolute atomic E-state index is 5.29. The van der Waals surface area contributed by atoms with Gasteiger partial charge in [0.2, 0.25) is 0 Å². The second kappa shape index (κ2) is 5.82. The van der Waals surface area contributed by atoms with E-state index in [0.29, 0.717) is 0 Å². The average molecular weight is 269 g/mol. The van der Waals surface area contributed by atoms with Gasteiger partial charge in [0.05, 0.1) is 7.11 Å². The number of benzene rings is 1. The van der Waals surface area contributed by atoms with E-state index in [1.54, 1.807) is 7.11 Å². The second-order valence-electron chi connectivity index (χ2n) is 4.86. The summed E-state index contributed by atoms with van der Waals surface area (Å²) < 4.78 is 5.29. The predicted molar refractivity (Wildman–Crippen MR) is 81.7 cm³/mol. The van der Waals surface area contributed by atoms with Gasteiger partial charge in [0, 0.05) is 44.1 Å². The molecule has 0 N–H and O–H groups in total. The summed E-state index contributed by atoms with van der Waals surface area (Å²) in [5.41, 5.74) is 1.23. The third kappa shape index (κ3) is 2.69. The number of aromatic nitrogens is 1. The quantitative estimate of drug-likeness (QED) is 0.855. The molecule has 104 valence electrons. The number of rotatable bonds is 3. The lowest BCUT2D eigenvalue weighted by Crippen LogP contribution is -2.46. The number of methoxy groups -OCH3 is 1. The van der Waals surface area contributed by atoms with Crippen LogP contribution in [0.4, 0.5) is 11.5 Å². The summed E-state index contributed by atoms with van der Waals surface area (Å²) in [7, 11) is 1.71. The third-order valence-electron chi connectivity index (χ3n) is 3.67. The van der Waals surface area contributed by atoms with Crippen LogP contribution in [-0.2, 0) is 0 Å². The fourth-order valence-corrected chi connectivity index (χ4v) is 2.54. The minimum Gasteiger partial charge on any atom is -0.497 e. The van der Waals surface area contributed by atoms with Gasteiger partial charge in [0.1, 0.15) is 11.6 Å². The molecule has 1 aromatic heterocycles. The molecule has 0 bridgehead atoms. The van der Waals surface area contributed by atoms with Gasteiger partial charge in [0.25, 0.3) is 0 Å². The zero-order valence-corrected chi connectivity index (χ0v) is 11.7. The highest BCUT2D eigenvalue weighted by molar-refractivity contribution is 5.52. The van der Waals surface area contributed by atoms with E-state index in [2.05, 4.69) is 33.0 Å². The van der Waals surface area contributed by atoms with Crippen molar-refractivity contribution in [2.24, 2.45) is 0 Å². The smallest absolute Gasteiger partial charge is 0.128 e. The molecular formula is C16H19N3O. The van der Waals surface area contributed by atoms with Crippen molar-refractivity contribution in [3.05, 3.63) is 48.7 Å². The Morgan fingerprint density at radius 3 is 2.45 bits per heavy atom. The van der Waals surface area contributed by atoms with E-state index >= 15 is 0 Å². The molecule has 1 fully saturated rings. The first-order valence-electron chi connectivity index (χ1n) is 6.92. The summed E-state index contributed by atoms with van der Waals surface area (Å²) in [6.45, 7) is 4.00. The van der Waals surface area contributed by atoms with Crippen molar-refractivity contribution < 1.29 is 4.74 Å². The normalized spacial score (nSPS) is 15.2. The molecule has 0 saturated carbocycles. The van der Waals surface area contributed by atoms with Gasteiger partial charge in [-0.05, 0) is 24.3 Å². The van der Waals surface area contributed by atoms with Crippen LogP contribution in [0, 0.1) is 0 Å². The second-order valence-corrected chi connectivity index (χ2v) is 4.86. The molecule has 20 heavy (non-hydrogen) atoms. The Kier molecular flexibility index (Phi) is 3.72. The van der Waals surface area contributed by atoms with Crippen LogP contribution < -0.4 is 14.5 Å². The van der Waals surface area contributed by atoms with Gasteiger partial charge < -0.3 is 14.5 Å². The van der Waals surface area contributed by atoms with E-state index in [1.165, 1.54) is 5.69 Å². The Balaban J connectivity index is 1.66. The number of ether oxygens (including phenoxy) is 1. The van der Waals surface area contributed by atoms with Crippen molar-refractivity contribution in [3.8, 4) is 5.75 Å². The fourth-order valence-electron chi connectivity index (χ4n) is 2.54. The van der Waals surface area contributed by atoms with Crippen LogP contribution >= 0.6 is 0 Å². The summed E-state index contributed by atoms with van der Waals surface area (Å²) in [6, 6.07) is 14.3. The van der Waals surface area contributed by atoms with Crippen LogP contribution in [-0.4, -0.2) is 38.3 Å². The lowest BCUT2D eigenvalue weighted by Gasteiger charge is -2.36. The van der Waals surface area contributed by atoms with Crippen LogP contribution in [0.15, 0.2) is 48.7 Å².